The molecule has 3 aliphatic rings. The molecule has 1 aromatic rings. The summed E-state index contributed by atoms with van der Waals surface area (Å²) in [5, 5.41) is 51.3. The number of nitrogens with zero attached hydrogens (tertiary/aromatic N) is 4. The highest BCUT2D eigenvalue weighted by Gasteiger charge is 2.48. The zero-order valence-electron chi connectivity index (χ0n) is 39.6. The van der Waals surface area contributed by atoms with Gasteiger partial charge < -0.3 is 70.9 Å². The van der Waals surface area contributed by atoms with E-state index < -0.39 is 67.0 Å². The predicted molar refractivity (Wildman–Crippen MR) is 235 cm³/mol. The van der Waals surface area contributed by atoms with Gasteiger partial charge in [0.05, 0.1) is 68.4 Å². The molecule has 19 nitrogen and oxygen atoms in total. The van der Waals surface area contributed by atoms with Crippen LogP contribution in [0.25, 0.3) is 0 Å². The predicted octanol–water partition coefficient (Wildman–Crippen LogP) is 3.35. The van der Waals surface area contributed by atoms with Gasteiger partial charge in [-0.1, -0.05) is 51.4 Å². The first-order valence-corrected chi connectivity index (χ1v) is 23.4. The van der Waals surface area contributed by atoms with Crippen molar-refractivity contribution in [3.8, 4) is 0 Å². The molecule has 0 spiro atoms. The van der Waals surface area contributed by atoms with E-state index in [1.165, 1.54) is 6.21 Å². The van der Waals surface area contributed by atoms with Crippen LogP contribution in [0.3, 0.4) is 0 Å². The number of nitrogens with one attached hydrogen (secondary N) is 2. The van der Waals surface area contributed by atoms with Crippen LogP contribution in [-0.2, 0) is 60.7 Å². The molecule has 0 saturated carbocycles. The zero-order valence-corrected chi connectivity index (χ0v) is 39.6. The molecule has 19 heteroatoms. The molecule has 0 radical (unpaired) electrons. The van der Waals surface area contributed by atoms with E-state index in [1.54, 1.807) is 10.9 Å². The summed E-state index contributed by atoms with van der Waals surface area (Å²) in [6.07, 6.45) is 0.199. The van der Waals surface area contributed by atoms with Crippen LogP contribution in [0.4, 0.5) is 0 Å². The molecule has 4 heterocycles. The van der Waals surface area contributed by atoms with E-state index in [4.69, 9.17) is 38.0 Å². The van der Waals surface area contributed by atoms with Crippen molar-refractivity contribution in [3.63, 3.8) is 0 Å². The number of ether oxygens (including phenoxy) is 7. The number of unbranched alkanes of at least 4 members (excludes halogenated alkanes) is 1. The van der Waals surface area contributed by atoms with Gasteiger partial charge in [-0.15, -0.1) is 5.10 Å². The van der Waals surface area contributed by atoms with Crippen molar-refractivity contribution >= 4 is 18.0 Å². The van der Waals surface area contributed by atoms with Gasteiger partial charge in [0.15, 0.2) is 19.2 Å². The number of oxime groups is 1. The first-order chi connectivity index (χ1) is 30.5. The van der Waals surface area contributed by atoms with Gasteiger partial charge >= 0.3 is 0 Å². The highest BCUT2D eigenvalue weighted by molar-refractivity contribution is 5.76. The first-order valence-electron chi connectivity index (χ1n) is 23.4. The lowest BCUT2D eigenvalue weighted by Crippen LogP contribution is -2.55. The van der Waals surface area contributed by atoms with Crippen molar-refractivity contribution in [3.05, 3.63) is 18.8 Å². The molecule has 15 atom stereocenters. The van der Waals surface area contributed by atoms with Crippen molar-refractivity contribution in [1.29, 1.82) is 0 Å². The highest BCUT2D eigenvalue weighted by Crippen LogP contribution is 2.36. The monoisotopic (exact) mass is 912 g/mol. The lowest BCUT2D eigenvalue weighted by Gasteiger charge is -2.46. The number of hydrogen-bond donors (Lipinski definition) is 5. The first kappa shape index (κ1) is 53.8. The van der Waals surface area contributed by atoms with Crippen molar-refractivity contribution < 1.29 is 62.9 Å². The van der Waals surface area contributed by atoms with Gasteiger partial charge in [-0.2, -0.15) is 6.42 Å². The lowest BCUT2D eigenvalue weighted by atomic mass is 9.85. The smallest absolute Gasteiger partial charge is 0.220 e. The van der Waals surface area contributed by atoms with E-state index >= 15 is 0 Å². The average Bonchev–Trinajstić information content (AvgIpc) is 3.84. The molecule has 64 heavy (non-hydrogen) atoms. The molecular weight excluding hydrogens is 833 g/mol. The van der Waals surface area contributed by atoms with Gasteiger partial charge in [0.25, 0.3) is 0 Å². The van der Waals surface area contributed by atoms with Crippen LogP contribution >= 0.6 is 0 Å². The molecule has 3 saturated heterocycles. The number of hydrogen-bond acceptors (Lipinski definition) is 16. The maximum atomic E-state index is 12.6. The average molecular weight is 912 g/mol. The van der Waals surface area contributed by atoms with E-state index in [1.807, 2.05) is 55.4 Å². The van der Waals surface area contributed by atoms with Crippen molar-refractivity contribution in [2.45, 2.75) is 218 Å². The summed E-state index contributed by atoms with van der Waals surface area (Å²) in [6, 6.07) is -0.302. The summed E-state index contributed by atoms with van der Waals surface area (Å²) < 4.78 is 44.4. The minimum absolute atomic E-state index is 0.0119. The molecule has 0 aliphatic carbocycles. The highest BCUT2D eigenvalue weighted by atomic mass is 16.7. The summed E-state index contributed by atoms with van der Waals surface area (Å²) in [7, 11) is 0. The van der Waals surface area contributed by atoms with Gasteiger partial charge in [-0.05, 0) is 53.4 Å². The zero-order chi connectivity index (χ0) is 47.0. The van der Waals surface area contributed by atoms with Crippen molar-refractivity contribution in [2.75, 3.05) is 19.8 Å². The standard InChI is InChI=1S/C45H79N6O13/c1-11-15-17-38(53)48-28(6)24-58-45(9,10)26-57-23-27(5)47-39(54)18-16-19-51-22-31(49-50-51)25-59-46-21-37-41(56)42(35(14-4)60-37)64-44-32(52)20-36(34(13-3)62-44)63-43-30(8)40(55)29(7)33(12-2)61-43/h21-22,27-30,32-37,40-44,52,55-56H,4,11-20,23-26H2,1-3,5-10H3,(H,47,54)(H,48,53)/q-1/b46-21+. The number of aromatic nitrogens is 3. The molecule has 0 bridgehead atoms. The quantitative estimate of drug-likeness (QED) is 0.0484. The number of aryl methyl sites for hydroxylation is 1. The van der Waals surface area contributed by atoms with Crippen molar-refractivity contribution in [1.82, 2.24) is 25.6 Å². The Morgan fingerprint density at radius 3 is 2.28 bits per heavy atom. The Kier molecular flexibility index (Phi) is 22.2. The summed E-state index contributed by atoms with van der Waals surface area (Å²) in [5.41, 5.74) is -0.0388. The fourth-order valence-electron chi connectivity index (χ4n) is 8.11. The maximum Gasteiger partial charge on any atom is 0.220 e. The van der Waals surface area contributed by atoms with Crippen LogP contribution in [0.5, 0.6) is 0 Å². The Bertz CT molecular complexity index is 1550. The van der Waals surface area contributed by atoms with Crippen LogP contribution in [0, 0.1) is 18.8 Å². The minimum atomic E-state index is -1.15. The van der Waals surface area contributed by atoms with Crippen LogP contribution in [0.15, 0.2) is 11.4 Å². The van der Waals surface area contributed by atoms with Gasteiger partial charge in [-0.25, -0.2) is 0 Å². The second-order valence-electron chi connectivity index (χ2n) is 18.3. The summed E-state index contributed by atoms with van der Waals surface area (Å²) in [6.45, 7) is 23.0. The third kappa shape index (κ3) is 16.5. The van der Waals surface area contributed by atoms with Gasteiger partial charge in [0.1, 0.15) is 30.1 Å². The summed E-state index contributed by atoms with van der Waals surface area (Å²) in [5.74, 6) is -0.347. The van der Waals surface area contributed by atoms with Crippen LogP contribution in [-0.4, -0.2) is 153 Å². The third-order valence-corrected chi connectivity index (χ3v) is 12.0. The Balaban J connectivity index is 1.12. The van der Waals surface area contributed by atoms with Crippen molar-refractivity contribution in [2.24, 2.45) is 17.0 Å². The Hall–Kier alpha value is -2.85. The molecule has 3 aliphatic heterocycles. The number of aliphatic hydroxyl groups is 3. The SMILES string of the molecule is [CH2-]CC1OC(/C=N/OCc2cn(CCCC(=O)NC(C)COCC(C)(C)OCC(C)NC(=O)CCCC)nn2)C(O)C1OC1OC(CC)C(OC2OC(CC)C(C)C(O)C2C)CC1O. The third-order valence-electron chi connectivity index (χ3n) is 12.0. The molecule has 2 amide bonds. The Morgan fingerprint density at radius 1 is 0.938 bits per heavy atom. The van der Waals surface area contributed by atoms with E-state index in [0.29, 0.717) is 57.7 Å². The molecule has 4 rings (SSSR count). The normalized spacial score (nSPS) is 32.1. The summed E-state index contributed by atoms with van der Waals surface area (Å²) >= 11 is 0. The fraction of sp³-hybridized carbons (Fsp3) is 0.867. The topological polar surface area (TPSA) is 236 Å². The number of aliphatic hydroxyl groups excluding tert-OH is 3. The van der Waals surface area contributed by atoms with Crippen LogP contribution < -0.4 is 10.6 Å². The van der Waals surface area contributed by atoms with E-state index in [2.05, 4.69) is 39.9 Å². The van der Waals surface area contributed by atoms with E-state index in [0.717, 1.165) is 19.3 Å². The number of carbonyl (C=O) groups excluding carboxylic acids is 2. The molecule has 368 valence electrons. The van der Waals surface area contributed by atoms with E-state index in [-0.39, 0.29) is 61.3 Å². The van der Waals surface area contributed by atoms with Crippen LogP contribution in [0.2, 0.25) is 0 Å². The molecule has 0 aromatic carbocycles. The molecule has 15 unspecified atom stereocenters. The summed E-state index contributed by atoms with van der Waals surface area (Å²) in [4.78, 5) is 30.0. The van der Waals surface area contributed by atoms with Gasteiger partial charge in [0.2, 0.25) is 11.8 Å². The molecule has 1 aromatic heterocycles. The second kappa shape index (κ2) is 26.5. The van der Waals surface area contributed by atoms with Gasteiger partial charge in [0, 0.05) is 49.7 Å². The van der Waals surface area contributed by atoms with Gasteiger partial charge in [-0.3, -0.25) is 14.3 Å². The number of rotatable bonds is 27. The minimum Gasteiger partial charge on any atom is -0.392 e. The fourth-order valence-corrected chi connectivity index (χ4v) is 8.11. The Labute approximate surface area is 379 Å². The number of carbonyl (C=O) groups is 2. The molecule has 5 N–H and O–H groups in total. The largest absolute Gasteiger partial charge is 0.392 e. The molecular formula is C45H79N6O13-. The maximum absolute atomic E-state index is 12.6. The van der Waals surface area contributed by atoms with Crippen LogP contribution in [0.1, 0.15) is 126 Å². The second-order valence-corrected chi connectivity index (χ2v) is 18.3. The van der Waals surface area contributed by atoms with E-state index in [9.17, 15) is 24.9 Å². The lowest BCUT2D eigenvalue weighted by molar-refractivity contribution is -0.330. The molecule has 3 fully saturated rings. The Morgan fingerprint density at radius 2 is 1.61 bits per heavy atom. The number of amides is 2.